The molecule has 26 heavy (non-hydrogen) atoms. The number of carbonyl (C=O) groups is 1. The smallest absolute Gasteiger partial charge is 0.347 e. The Hall–Kier alpha value is -2.64. The van der Waals surface area contributed by atoms with Crippen LogP contribution < -0.4 is 10.4 Å². The van der Waals surface area contributed by atoms with E-state index in [1.165, 1.54) is 9.25 Å². The van der Waals surface area contributed by atoms with E-state index in [0.29, 0.717) is 31.1 Å². The number of hydrogen-bond acceptors (Lipinski definition) is 6. The molecule has 0 N–H and O–H groups in total. The molecule has 0 aliphatic carbocycles. The summed E-state index contributed by atoms with van der Waals surface area (Å²) in [6, 6.07) is 2.94. The second kappa shape index (κ2) is 6.93. The first-order valence-electron chi connectivity index (χ1n) is 8.68. The third-order valence-electron chi connectivity index (χ3n) is 4.15. The van der Waals surface area contributed by atoms with Crippen molar-refractivity contribution in [1.82, 2.24) is 19.3 Å². The van der Waals surface area contributed by atoms with E-state index in [4.69, 9.17) is 9.47 Å². The zero-order valence-electron chi connectivity index (χ0n) is 15.6. The van der Waals surface area contributed by atoms with E-state index in [1.807, 2.05) is 20.8 Å². The van der Waals surface area contributed by atoms with Crippen LogP contribution in [0, 0.1) is 0 Å². The molecule has 0 saturated heterocycles. The summed E-state index contributed by atoms with van der Waals surface area (Å²) in [5.41, 5.74) is -0.0448. The molecule has 0 fully saturated rings. The highest BCUT2D eigenvalue weighted by Crippen LogP contribution is 2.25. The number of esters is 1. The predicted molar refractivity (Wildman–Crippen MR) is 94.2 cm³/mol. The summed E-state index contributed by atoms with van der Waals surface area (Å²) in [6.07, 6.45) is 3.67. The molecule has 2 aromatic rings. The number of nitrogens with zero attached hydrogens (tertiary/aromatic N) is 4. The average Bonchev–Trinajstić information content (AvgIpc) is 2.89. The fourth-order valence-corrected chi connectivity index (χ4v) is 3.06. The quantitative estimate of drug-likeness (QED) is 0.772. The lowest BCUT2D eigenvalue weighted by Gasteiger charge is -2.26. The number of methoxy groups -OCH3 is 1. The van der Waals surface area contributed by atoms with E-state index in [9.17, 15) is 9.59 Å². The summed E-state index contributed by atoms with van der Waals surface area (Å²) >= 11 is 0. The zero-order valence-corrected chi connectivity index (χ0v) is 15.6. The fourth-order valence-electron chi connectivity index (χ4n) is 3.06. The second-order valence-corrected chi connectivity index (χ2v) is 7.37. The van der Waals surface area contributed by atoms with Gasteiger partial charge >= 0.3 is 11.7 Å². The molecular weight excluding hydrogens is 336 g/mol. The molecule has 3 heterocycles. The van der Waals surface area contributed by atoms with Crippen molar-refractivity contribution < 1.29 is 14.3 Å². The van der Waals surface area contributed by atoms with E-state index in [1.54, 1.807) is 25.4 Å². The molecule has 1 aliphatic heterocycles. The van der Waals surface area contributed by atoms with Crippen molar-refractivity contribution in [2.75, 3.05) is 7.11 Å². The molecule has 140 valence electrons. The Morgan fingerprint density at radius 3 is 2.85 bits per heavy atom. The predicted octanol–water partition coefficient (Wildman–Crippen LogP) is 1.72. The first-order valence-corrected chi connectivity index (χ1v) is 8.68. The van der Waals surface area contributed by atoms with Gasteiger partial charge in [0.05, 0.1) is 13.7 Å². The van der Waals surface area contributed by atoms with E-state index in [0.717, 1.165) is 12.0 Å². The summed E-state index contributed by atoms with van der Waals surface area (Å²) in [5, 5.41) is 4.43. The van der Waals surface area contributed by atoms with Gasteiger partial charge in [0.25, 0.3) is 0 Å². The van der Waals surface area contributed by atoms with Gasteiger partial charge < -0.3 is 9.47 Å². The minimum absolute atomic E-state index is 0.290. The summed E-state index contributed by atoms with van der Waals surface area (Å²) in [6.45, 7) is 5.74. The molecule has 0 radical (unpaired) electrons. The minimum atomic E-state index is -0.619. The Labute approximate surface area is 151 Å². The Balaban J connectivity index is 1.90. The monoisotopic (exact) mass is 360 g/mol. The largest absolute Gasteiger partial charge is 0.481 e. The van der Waals surface area contributed by atoms with Gasteiger partial charge in [-0.1, -0.05) is 0 Å². The lowest BCUT2D eigenvalue weighted by molar-refractivity contribution is -0.159. The van der Waals surface area contributed by atoms with Crippen LogP contribution in [0.4, 0.5) is 0 Å². The van der Waals surface area contributed by atoms with Crippen LogP contribution in [0.2, 0.25) is 0 Å². The molecule has 0 bridgehead atoms. The van der Waals surface area contributed by atoms with Gasteiger partial charge in [-0.05, 0) is 45.2 Å². The number of hydrogen-bond donors (Lipinski definition) is 0. The standard InChI is InChI=1S/C18H24N4O4/c1-18(2,3)26-16(23)13-6-5-7-14-20-21(17(24)22(13)14)11-12-8-9-19-15(10-12)25-4/h8-10,13H,5-7,11H2,1-4H3. The maximum Gasteiger partial charge on any atom is 0.347 e. The maximum absolute atomic E-state index is 12.9. The molecule has 1 unspecified atom stereocenters. The normalized spacial score (nSPS) is 16.8. The second-order valence-electron chi connectivity index (χ2n) is 7.37. The van der Waals surface area contributed by atoms with Crippen LogP contribution in [0.15, 0.2) is 23.1 Å². The number of pyridine rings is 1. The van der Waals surface area contributed by atoms with E-state index >= 15 is 0 Å². The molecule has 3 rings (SSSR count). The van der Waals surface area contributed by atoms with E-state index in [-0.39, 0.29) is 11.7 Å². The summed E-state index contributed by atoms with van der Waals surface area (Å²) in [4.78, 5) is 29.5. The summed E-state index contributed by atoms with van der Waals surface area (Å²) < 4.78 is 13.5. The zero-order chi connectivity index (χ0) is 18.9. The first-order chi connectivity index (χ1) is 12.3. The van der Waals surface area contributed by atoms with Crippen LogP contribution in [-0.4, -0.2) is 38.0 Å². The van der Waals surface area contributed by atoms with Gasteiger partial charge in [-0.15, -0.1) is 0 Å². The van der Waals surface area contributed by atoms with Crippen LogP contribution in [0.25, 0.3) is 0 Å². The fraction of sp³-hybridized carbons (Fsp3) is 0.556. The van der Waals surface area contributed by atoms with Crippen molar-refractivity contribution in [3.63, 3.8) is 0 Å². The molecular formula is C18H24N4O4. The molecule has 0 aromatic carbocycles. The SMILES string of the molecule is COc1cc(Cn2nc3n(c2=O)C(C(=O)OC(C)(C)C)CCC3)ccn1. The third-order valence-corrected chi connectivity index (χ3v) is 4.15. The van der Waals surface area contributed by atoms with E-state index in [2.05, 4.69) is 10.1 Å². The number of aryl methyl sites for hydroxylation is 1. The number of ether oxygens (including phenoxy) is 2. The van der Waals surface area contributed by atoms with Gasteiger partial charge in [-0.25, -0.2) is 19.3 Å². The Morgan fingerprint density at radius 1 is 1.38 bits per heavy atom. The van der Waals surface area contributed by atoms with E-state index < -0.39 is 11.6 Å². The number of aromatic nitrogens is 4. The molecule has 0 saturated carbocycles. The molecule has 1 aliphatic rings. The van der Waals surface area contributed by atoms with Crippen molar-refractivity contribution in [2.24, 2.45) is 0 Å². The van der Waals surface area contributed by atoms with Crippen LogP contribution in [0.5, 0.6) is 5.88 Å². The highest BCUT2D eigenvalue weighted by Gasteiger charge is 2.33. The topological polar surface area (TPSA) is 88.2 Å². The van der Waals surface area contributed by atoms with Crippen LogP contribution in [-0.2, 0) is 22.5 Å². The Kier molecular flexibility index (Phi) is 4.84. The lowest BCUT2D eigenvalue weighted by atomic mass is 10.0. The molecule has 8 heteroatoms. The van der Waals surface area contributed by atoms with Crippen molar-refractivity contribution in [2.45, 2.75) is 58.2 Å². The molecule has 8 nitrogen and oxygen atoms in total. The van der Waals surface area contributed by atoms with Crippen LogP contribution >= 0.6 is 0 Å². The third kappa shape index (κ3) is 3.79. The van der Waals surface area contributed by atoms with Crippen molar-refractivity contribution in [3.8, 4) is 5.88 Å². The van der Waals surface area contributed by atoms with Crippen LogP contribution in [0.1, 0.15) is 51.0 Å². The van der Waals surface area contributed by atoms with Crippen LogP contribution in [0.3, 0.4) is 0 Å². The van der Waals surface area contributed by atoms with Gasteiger partial charge in [0.15, 0.2) is 0 Å². The highest BCUT2D eigenvalue weighted by atomic mass is 16.6. The number of rotatable bonds is 4. The average molecular weight is 360 g/mol. The summed E-state index contributed by atoms with van der Waals surface area (Å²) in [5.74, 6) is 0.718. The minimum Gasteiger partial charge on any atom is -0.481 e. The van der Waals surface area contributed by atoms with Gasteiger partial charge in [-0.3, -0.25) is 4.57 Å². The molecule has 1 atom stereocenters. The van der Waals surface area contributed by atoms with Crippen molar-refractivity contribution in [1.29, 1.82) is 0 Å². The van der Waals surface area contributed by atoms with Gasteiger partial charge in [0, 0.05) is 18.7 Å². The maximum atomic E-state index is 12.9. The summed E-state index contributed by atoms with van der Waals surface area (Å²) in [7, 11) is 1.54. The first kappa shape index (κ1) is 18.2. The number of fused-ring (bicyclic) bond motifs is 1. The molecule has 2 aromatic heterocycles. The van der Waals surface area contributed by atoms with Gasteiger partial charge in [0.1, 0.15) is 17.5 Å². The van der Waals surface area contributed by atoms with Crippen molar-refractivity contribution >= 4 is 5.97 Å². The van der Waals surface area contributed by atoms with Crippen molar-refractivity contribution in [3.05, 3.63) is 40.2 Å². The lowest BCUT2D eigenvalue weighted by Crippen LogP contribution is -2.38. The van der Waals surface area contributed by atoms with Gasteiger partial charge in [0.2, 0.25) is 5.88 Å². The molecule has 0 amide bonds. The number of carbonyl (C=O) groups excluding carboxylic acids is 1. The molecule has 0 spiro atoms. The highest BCUT2D eigenvalue weighted by molar-refractivity contribution is 5.74. The Bertz CT molecular complexity index is 863. The van der Waals surface area contributed by atoms with Gasteiger partial charge in [-0.2, -0.15) is 5.10 Å². The Morgan fingerprint density at radius 2 is 2.15 bits per heavy atom.